The molecule has 1 aliphatic heterocycles. The molecule has 3 nitrogen and oxygen atoms in total. The van der Waals surface area contributed by atoms with Gasteiger partial charge in [0.15, 0.2) is 0 Å². The van der Waals surface area contributed by atoms with Gasteiger partial charge in [0.1, 0.15) is 0 Å². The molecule has 3 rings (SSSR count). The predicted octanol–water partition coefficient (Wildman–Crippen LogP) is 4.40. The molecule has 0 aromatic heterocycles. The molecule has 2 aromatic carbocycles. The van der Waals surface area contributed by atoms with E-state index in [4.69, 9.17) is 23.2 Å². The van der Waals surface area contributed by atoms with Crippen LogP contribution in [0.15, 0.2) is 36.4 Å². The Morgan fingerprint density at radius 3 is 2.46 bits per heavy atom. The smallest absolute Gasteiger partial charge is 0.253 e. The molecule has 126 valence electrons. The second-order valence-corrected chi connectivity index (χ2v) is 7.12. The quantitative estimate of drug-likeness (QED) is 0.858. The maximum Gasteiger partial charge on any atom is 0.253 e. The Morgan fingerprint density at radius 2 is 1.79 bits per heavy atom. The van der Waals surface area contributed by atoms with E-state index in [1.165, 1.54) is 0 Å². The van der Waals surface area contributed by atoms with E-state index < -0.39 is 0 Å². The third-order valence-electron chi connectivity index (χ3n) is 4.28. The van der Waals surface area contributed by atoms with Crippen molar-refractivity contribution in [2.45, 2.75) is 19.9 Å². The second-order valence-electron chi connectivity index (χ2n) is 6.31. The van der Waals surface area contributed by atoms with Gasteiger partial charge < -0.3 is 10.2 Å². The monoisotopic (exact) mass is 362 g/mol. The van der Waals surface area contributed by atoms with Crippen LogP contribution in [0.3, 0.4) is 0 Å². The fourth-order valence-corrected chi connectivity index (χ4v) is 3.47. The summed E-state index contributed by atoms with van der Waals surface area (Å²) in [5.74, 6) is 0.0772. The van der Waals surface area contributed by atoms with E-state index in [1.54, 1.807) is 6.07 Å². The molecular weight excluding hydrogens is 343 g/mol. The molecule has 1 fully saturated rings. The van der Waals surface area contributed by atoms with Crippen LogP contribution in [-0.2, 0) is 0 Å². The van der Waals surface area contributed by atoms with E-state index in [1.807, 2.05) is 43.0 Å². The highest BCUT2D eigenvalue weighted by Crippen LogP contribution is 2.27. The van der Waals surface area contributed by atoms with Gasteiger partial charge in [-0.15, -0.1) is 0 Å². The Hall–Kier alpha value is -1.55. The average Bonchev–Trinajstić information content (AvgIpc) is 2.56. The summed E-state index contributed by atoms with van der Waals surface area (Å²) in [6, 6.07) is 11.7. The van der Waals surface area contributed by atoms with Gasteiger partial charge in [0.2, 0.25) is 0 Å². The number of carbonyl (C=O) groups is 1. The lowest BCUT2D eigenvalue weighted by Gasteiger charge is -2.34. The van der Waals surface area contributed by atoms with Crippen molar-refractivity contribution >= 4 is 29.1 Å². The van der Waals surface area contributed by atoms with Crippen LogP contribution in [-0.4, -0.2) is 30.4 Å². The largest absolute Gasteiger partial charge is 0.335 e. The van der Waals surface area contributed by atoms with E-state index in [0.29, 0.717) is 23.1 Å². The number of carbonyl (C=O) groups excluding carboxylic acids is 1. The van der Waals surface area contributed by atoms with E-state index >= 15 is 0 Å². The number of benzene rings is 2. The highest BCUT2D eigenvalue weighted by atomic mass is 35.5. The molecule has 1 heterocycles. The Balaban J connectivity index is 1.79. The van der Waals surface area contributed by atoms with Crippen molar-refractivity contribution in [3.63, 3.8) is 0 Å². The summed E-state index contributed by atoms with van der Waals surface area (Å²) < 4.78 is 0. The molecule has 0 bridgehead atoms. The number of hydrogen-bond acceptors (Lipinski definition) is 2. The van der Waals surface area contributed by atoms with Crippen LogP contribution in [0, 0.1) is 13.8 Å². The number of nitrogens with zero attached hydrogens (tertiary/aromatic N) is 1. The first-order valence-electron chi connectivity index (χ1n) is 8.00. The SMILES string of the molecule is Cc1cc(C)cc(C(=O)N2CCN[C@H](c3ccc(Cl)c(Cl)c3)C2)c1. The standard InChI is InChI=1S/C19H20Cl2N2O/c1-12-7-13(2)9-15(8-12)19(24)23-6-5-22-18(11-23)14-3-4-16(20)17(21)10-14/h3-4,7-10,18,22H,5-6,11H2,1-2H3/t18-/m0/s1. The van der Waals surface area contributed by atoms with Crippen molar-refractivity contribution in [2.75, 3.05) is 19.6 Å². The van der Waals surface area contributed by atoms with Gasteiger partial charge in [-0.05, 0) is 43.7 Å². The van der Waals surface area contributed by atoms with Crippen molar-refractivity contribution in [3.8, 4) is 0 Å². The van der Waals surface area contributed by atoms with Gasteiger partial charge in [-0.25, -0.2) is 0 Å². The lowest BCUT2D eigenvalue weighted by Crippen LogP contribution is -2.48. The summed E-state index contributed by atoms with van der Waals surface area (Å²) in [6.07, 6.45) is 0. The maximum atomic E-state index is 12.9. The summed E-state index contributed by atoms with van der Waals surface area (Å²) >= 11 is 12.1. The summed E-state index contributed by atoms with van der Waals surface area (Å²) in [7, 11) is 0. The minimum absolute atomic E-state index is 0.0587. The van der Waals surface area contributed by atoms with Crippen LogP contribution in [0.5, 0.6) is 0 Å². The van der Waals surface area contributed by atoms with Crippen LogP contribution in [0.2, 0.25) is 10.0 Å². The molecule has 1 amide bonds. The van der Waals surface area contributed by atoms with Crippen LogP contribution in [0.4, 0.5) is 0 Å². The predicted molar refractivity (Wildman–Crippen MR) is 99.0 cm³/mol. The molecular formula is C19H20Cl2N2O. The molecule has 5 heteroatoms. The lowest BCUT2D eigenvalue weighted by atomic mass is 10.0. The summed E-state index contributed by atoms with van der Waals surface area (Å²) in [5, 5.41) is 4.52. The van der Waals surface area contributed by atoms with Gasteiger partial charge in [0.25, 0.3) is 5.91 Å². The molecule has 0 unspecified atom stereocenters. The second kappa shape index (κ2) is 7.14. The lowest BCUT2D eigenvalue weighted by molar-refractivity contribution is 0.0703. The summed E-state index contributed by atoms with van der Waals surface area (Å²) in [4.78, 5) is 14.8. The molecule has 24 heavy (non-hydrogen) atoms. The van der Waals surface area contributed by atoms with E-state index in [0.717, 1.165) is 28.8 Å². The third-order valence-corrected chi connectivity index (χ3v) is 5.02. The van der Waals surface area contributed by atoms with Gasteiger partial charge in [-0.1, -0.05) is 46.5 Å². The molecule has 2 aromatic rings. The number of aryl methyl sites for hydroxylation is 2. The fraction of sp³-hybridized carbons (Fsp3) is 0.316. The number of piperazine rings is 1. The number of amides is 1. The zero-order chi connectivity index (χ0) is 17.3. The van der Waals surface area contributed by atoms with Crippen LogP contribution < -0.4 is 5.32 Å². The highest BCUT2D eigenvalue weighted by molar-refractivity contribution is 6.42. The molecule has 0 spiro atoms. The van der Waals surface area contributed by atoms with Gasteiger partial charge in [-0.3, -0.25) is 4.79 Å². The number of halogens is 2. The van der Waals surface area contributed by atoms with Crippen molar-refractivity contribution in [2.24, 2.45) is 0 Å². The molecule has 0 aliphatic carbocycles. The number of nitrogens with one attached hydrogen (secondary N) is 1. The first-order chi connectivity index (χ1) is 11.4. The fourth-order valence-electron chi connectivity index (χ4n) is 3.17. The highest BCUT2D eigenvalue weighted by Gasteiger charge is 2.25. The van der Waals surface area contributed by atoms with Crippen molar-refractivity contribution in [1.29, 1.82) is 0 Å². The van der Waals surface area contributed by atoms with E-state index in [2.05, 4.69) is 11.4 Å². The van der Waals surface area contributed by atoms with Gasteiger partial charge in [0.05, 0.1) is 16.1 Å². The average molecular weight is 363 g/mol. The van der Waals surface area contributed by atoms with Crippen molar-refractivity contribution in [3.05, 3.63) is 68.7 Å². The normalized spacial score (nSPS) is 17.8. The molecule has 0 saturated carbocycles. The summed E-state index contributed by atoms with van der Waals surface area (Å²) in [5.41, 5.74) is 4.01. The van der Waals surface area contributed by atoms with Crippen LogP contribution in [0.1, 0.15) is 33.1 Å². The van der Waals surface area contributed by atoms with Crippen molar-refractivity contribution < 1.29 is 4.79 Å². The summed E-state index contributed by atoms with van der Waals surface area (Å²) in [6.45, 7) is 6.09. The molecule has 1 N–H and O–H groups in total. The third kappa shape index (κ3) is 3.75. The molecule has 1 saturated heterocycles. The topological polar surface area (TPSA) is 32.3 Å². The maximum absolute atomic E-state index is 12.9. The number of hydrogen-bond donors (Lipinski definition) is 1. The van der Waals surface area contributed by atoms with Gasteiger partial charge in [0, 0.05) is 25.2 Å². The minimum Gasteiger partial charge on any atom is -0.335 e. The molecule has 1 atom stereocenters. The van der Waals surface area contributed by atoms with Crippen LogP contribution in [0.25, 0.3) is 0 Å². The Morgan fingerprint density at radius 1 is 1.08 bits per heavy atom. The molecule has 0 radical (unpaired) electrons. The van der Waals surface area contributed by atoms with Crippen molar-refractivity contribution in [1.82, 2.24) is 10.2 Å². The van der Waals surface area contributed by atoms with Gasteiger partial charge >= 0.3 is 0 Å². The zero-order valence-electron chi connectivity index (χ0n) is 13.8. The first-order valence-corrected chi connectivity index (χ1v) is 8.75. The van der Waals surface area contributed by atoms with Crippen LogP contribution >= 0.6 is 23.2 Å². The number of rotatable bonds is 2. The Kier molecular flexibility index (Phi) is 5.14. The van der Waals surface area contributed by atoms with Gasteiger partial charge in [-0.2, -0.15) is 0 Å². The van der Waals surface area contributed by atoms with E-state index in [9.17, 15) is 4.79 Å². The minimum atomic E-state index is 0.0587. The Labute approximate surface area is 152 Å². The zero-order valence-corrected chi connectivity index (χ0v) is 15.3. The molecule has 1 aliphatic rings. The first kappa shape index (κ1) is 17.3. The Bertz CT molecular complexity index is 756. The van der Waals surface area contributed by atoms with E-state index in [-0.39, 0.29) is 11.9 Å².